The Morgan fingerprint density at radius 1 is 0.955 bits per heavy atom. The number of para-hydroxylation sites is 1. The molecule has 0 aliphatic heterocycles. The molecule has 0 atom stereocenters. The molecule has 6 heteroatoms. The Kier molecular flexibility index (Phi) is 5.37. The third kappa shape index (κ3) is 4.82. The largest absolute Gasteiger partial charge is 0.490 e. The van der Waals surface area contributed by atoms with E-state index in [0.717, 1.165) is 5.75 Å². The number of anilines is 1. The van der Waals surface area contributed by atoms with Crippen molar-refractivity contribution in [3.8, 4) is 5.75 Å². The van der Waals surface area contributed by atoms with Crippen LogP contribution in [0, 0.1) is 0 Å². The lowest BCUT2D eigenvalue weighted by Gasteiger charge is -2.08. The minimum absolute atomic E-state index is 0.148. The van der Waals surface area contributed by atoms with E-state index in [-0.39, 0.29) is 13.2 Å². The molecule has 0 heterocycles. The van der Waals surface area contributed by atoms with Crippen molar-refractivity contribution in [2.75, 3.05) is 18.5 Å². The zero-order valence-electron chi connectivity index (χ0n) is 11.8. The molecule has 0 aliphatic rings. The molecular formula is C16H16N2O4. The molecule has 2 amide bonds. The lowest BCUT2D eigenvalue weighted by molar-refractivity contribution is 0.0450. The quantitative estimate of drug-likeness (QED) is 0.633. The molecule has 22 heavy (non-hydrogen) atoms. The number of esters is 1. The highest BCUT2D eigenvalue weighted by molar-refractivity contribution is 5.91. The van der Waals surface area contributed by atoms with Gasteiger partial charge in [0.25, 0.3) is 0 Å². The number of primary amides is 1. The minimum Gasteiger partial charge on any atom is -0.490 e. The molecule has 2 aromatic rings. The van der Waals surface area contributed by atoms with E-state index in [1.807, 2.05) is 30.3 Å². The van der Waals surface area contributed by atoms with Gasteiger partial charge in [-0.05, 0) is 36.4 Å². The maximum Gasteiger partial charge on any atom is 0.338 e. The monoisotopic (exact) mass is 300 g/mol. The van der Waals surface area contributed by atoms with Crippen LogP contribution in [0.25, 0.3) is 0 Å². The average molecular weight is 300 g/mol. The Labute approximate surface area is 127 Å². The van der Waals surface area contributed by atoms with Crippen LogP contribution in [0.4, 0.5) is 10.5 Å². The fourth-order valence-electron chi connectivity index (χ4n) is 1.73. The van der Waals surface area contributed by atoms with Crippen molar-refractivity contribution in [1.82, 2.24) is 0 Å². The van der Waals surface area contributed by atoms with Gasteiger partial charge in [-0.15, -0.1) is 0 Å². The highest BCUT2D eigenvalue weighted by Gasteiger charge is 2.07. The van der Waals surface area contributed by atoms with Crippen molar-refractivity contribution in [2.24, 2.45) is 5.73 Å². The maximum absolute atomic E-state index is 11.8. The summed E-state index contributed by atoms with van der Waals surface area (Å²) in [6.45, 7) is 0.423. The summed E-state index contributed by atoms with van der Waals surface area (Å²) in [5.41, 5.74) is 5.89. The molecule has 2 rings (SSSR count). The SMILES string of the molecule is NC(=O)Nc1ccc(C(=O)OCCOc2ccccc2)cc1. The smallest absolute Gasteiger partial charge is 0.338 e. The predicted octanol–water partition coefficient (Wildman–Crippen LogP) is 2.41. The number of urea groups is 1. The van der Waals surface area contributed by atoms with Crippen molar-refractivity contribution in [3.05, 3.63) is 60.2 Å². The van der Waals surface area contributed by atoms with Gasteiger partial charge in [0.05, 0.1) is 5.56 Å². The fraction of sp³-hybridized carbons (Fsp3) is 0.125. The molecule has 3 N–H and O–H groups in total. The van der Waals surface area contributed by atoms with Gasteiger partial charge >= 0.3 is 12.0 Å². The predicted molar refractivity (Wildman–Crippen MR) is 81.9 cm³/mol. The van der Waals surface area contributed by atoms with E-state index in [0.29, 0.717) is 11.3 Å². The van der Waals surface area contributed by atoms with Gasteiger partial charge in [0.15, 0.2) is 0 Å². The molecule has 0 aliphatic carbocycles. The number of rotatable bonds is 6. The minimum atomic E-state index is -0.659. The normalized spacial score (nSPS) is 9.82. The van der Waals surface area contributed by atoms with E-state index in [2.05, 4.69) is 5.32 Å². The Hall–Kier alpha value is -3.02. The summed E-state index contributed by atoms with van der Waals surface area (Å²) in [6, 6.07) is 14.9. The Bertz CT molecular complexity index is 626. The number of hydrogen-bond acceptors (Lipinski definition) is 4. The molecule has 2 aromatic carbocycles. The van der Waals surface area contributed by atoms with Crippen LogP contribution in [0.5, 0.6) is 5.75 Å². The first-order valence-corrected chi connectivity index (χ1v) is 6.66. The summed E-state index contributed by atoms with van der Waals surface area (Å²) in [5.74, 6) is 0.266. The topological polar surface area (TPSA) is 90.7 Å². The van der Waals surface area contributed by atoms with Gasteiger partial charge < -0.3 is 20.5 Å². The highest BCUT2D eigenvalue weighted by atomic mass is 16.6. The van der Waals surface area contributed by atoms with Gasteiger partial charge in [-0.2, -0.15) is 0 Å². The zero-order valence-corrected chi connectivity index (χ0v) is 11.8. The average Bonchev–Trinajstić information content (AvgIpc) is 2.52. The number of nitrogens with two attached hydrogens (primary N) is 1. The van der Waals surface area contributed by atoms with Crippen LogP contribution in [0.2, 0.25) is 0 Å². The number of carbonyl (C=O) groups excluding carboxylic acids is 2. The Balaban J connectivity index is 1.76. The van der Waals surface area contributed by atoms with Crippen LogP contribution >= 0.6 is 0 Å². The summed E-state index contributed by atoms with van der Waals surface area (Å²) in [5, 5.41) is 2.41. The highest BCUT2D eigenvalue weighted by Crippen LogP contribution is 2.11. The molecule has 114 valence electrons. The van der Waals surface area contributed by atoms with Gasteiger partial charge in [-0.3, -0.25) is 0 Å². The van der Waals surface area contributed by atoms with Crippen LogP contribution in [0.15, 0.2) is 54.6 Å². The first-order chi connectivity index (χ1) is 10.6. The van der Waals surface area contributed by atoms with Crippen LogP contribution < -0.4 is 15.8 Å². The fourth-order valence-corrected chi connectivity index (χ4v) is 1.73. The van der Waals surface area contributed by atoms with E-state index in [1.165, 1.54) is 0 Å². The van der Waals surface area contributed by atoms with Gasteiger partial charge in [-0.1, -0.05) is 18.2 Å². The number of carbonyl (C=O) groups is 2. The summed E-state index contributed by atoms with van der Waals surface area (Å²) in [7, 11) is 0. The first-order valence-electron chi connectivity index (χ1n) is 6.66. The van der Waals surface area contributed by atoms with Crippen molar-refractivity contribution >= 4 is 17.7 Å². The molecule has 0 saturated carbocycles. The lowest BCUT2D eigenvalue weighted by Crippen LogP contribution is -2.19. The van der Waals surface area contributed by atoms with Gasteiger partial charge in [-0.25, -0.2) is 9.59 Å². The van der Waals surface area contributed by atoms with Gasteiger partial charge in [0.2, 0.25) is 0 Å². The molecule has 6 nitrogen and oxygen atoms in total. The maximum atomic E-state index is 11.8. The van der Waals surface area contributed by atoms with Crippen molar-refractivity contribution in [1.29, 1.82) is 0 Å². The Morgan fingerprint density at radius 2 is 1.64 bits per heavy atom. The number of benzene rings is 2. The van der Waals surface area contributed by atoms with Gasteiger partial charge in [0.1, 0.15) is 19.0 Å². The second-order valence-electron chi connectivity index (χ2n) is 4.36. The molecule has 0 saturated heterocycles. The van der Waals surface area contributed by atoms with Crippen molar-refractivity contribution in [3.63, 3.8) is 0 Å². The first kappa shape index (κ1) is 15.4. The van der Waals surface area contributed by atoms with E-state index in [9.17, 15) is 9.59 Å². The summed E-state index contributed by atoms with van der Waals surface area (Å²) in [4.78, 5) is 22.5. The standard InChI is InChI=1S/C16H16N2O4/c17-16(20)18-13-8-6-12(7-9-13)15(19)22-11-10-21-14-4-2-1-3-5-14/h1-9H,10-11H2,(H3,17,18,20). The van der Waals surface area contributed by atoms with Crippen molar-refractivity contribution < 1.29 is 19.1 Å². The van der Waals surface area contributed by atoms with Crippen LogP contribution in [-0.4, -0.2) is 25.2 Å². The second kappa shape index (κ2) is 7.68. The van der Waals surface area contributed by atoms with Crippen LogP contribution in [0.3, 0.4) is 0 Å². The zero-order chi connectivity index (χ0) is 15.8. The third-order valence-corrected chi connectivity index (χ3v) is 2.72. The van der Waals surface area contributed by atoms with Gasteiger partial charge in [0, 0.05) is 5.69 Å². The van der Waals surface area contributed by atoms with E-state index >= 15 is 0 Å². The molecule has 0 radical (unpaired) electrons. The number of nitrogens with one attached hydrogen (secondary N) is 1. The number of amides is 2. The summed E-state index contributed by atoms with van der Waals surface area (Å²) in [6.07, 6.45) is 0. The number of ether oxygens (including phenoxy) is 2. The van der Waals surface area contributed by atoms with Crippen molar-refractivity contribution in [2.45, 2.75) is 0 Å². The third-order valence-electron chi connectivity index (χ3n) is 2.72. The van der Waals surface area contributed by atoms with E-state index in [4.69, 9.17) is 15.2 Å². The van der Waals surface area contributed by atoms with Crippen LogP contribution in [0.1, 0.15) is 10.4 Å². The molecule has 0 unspecified atom stereocenters. The summed E-state index contributed by atoms with van der Waals surface area (Å²) >= 11 is 0. The Morgan fingerprint density at radius 3 is 2.27 bits per heavy atom. The van der Waals surface area contributed by atoms with E-state index < -0.39 is 12.0 Å². The lowest BCUT2D eigenvalue weighted by atomic mass is 10.2. The second-order valence-corrected chi connectivity index (χ2v) is 4.36. The van der Waals surface area contributed by atoms with Crippen LogP contribution in [-0.2, 0) is 4.74 Å². The van der Waals surface area contributed by atoms with E-state index in [1.54, 1.807) is 24.3 Å². The molecule has 0 aromatic heterocycles. The summed E-state index contributed by atoms with van der Waals surface area (Å²) < 4.78 is 10.5. The molecule has 0 fully saturated rings. The molecule has 0 bridgehead atoms. The molecular weight excluding hydrogens is 284 g/mol. The number of hydrogen-bond donors (Lipinski definition) is 2. The molecule has 0 spiro atoms.